The van der Waals surface area contributed by atoms with Gasteiger partial charge in [0.2, 0.25) is 10.0 Å². The normalized spacial score (nSPS) is 18.2. The van der Waals surface area contributed by atoms with E-state index < -0.39 is 10.0 Å². The lowest BCUT2D eigenvalue weighted by molar-refractivity contribution is 0.208. The minimum absolute atomic E-state index is 0.0243. The van der Waals surface area contributed by atoms with Crippen molar-refractivity contribution in [2.24, 2.45) is 5.73 Å². The van der Waals surface area contributed by atoms with Gasteiger partial charge in [0.05, 0.1) is 3.79 Å². The lowest BCUT2D eigenvalue weighted by Gasteiger charge is -2.31. The van der Waals surface area contributed by atoms with Crippen LogP contribution in [0.4, 0.5) is 0 Å². The van der Waals surface area contributed by atoms with E-state index in [1.54, 1.807) is 6.07 Å². The van der Waals surface area contributed by atoms with Crippen LogP contribution in [0.25, 0.3) is 0 Å². The number of piperidine rings is 1. The number of likely N-dealkylation sites (tertiary alicyclic amines) is 1. The van der Waals surface area contributed by atoms with Crippen molar-refractivity contribution >= 4 is 37.3 Å². The lowest BCUT2D eigenvalue weighted by atomic mass is 10.1. The molecule has 0 aromatic carbocycles. The highest BCUT2D eigenvalue weighted by molar-refractivity contribution is 9.11. The van der Waals surface area contributed by atoms with Crippen LogP contribution in [0.2, 0.25) is 0 Å². The first-order chi connectivity index (χ1) is 9.96. The molecule has 2 heterocycles. The Kier molecular flexibility index (Phi) is 6.22. The van der Waals surface area contributed by atoms with Gasteiger partial charge in [-0.15, -0.1) is 11.3 Å². The van der Waals surface area contributed by atoms with E-state index in [0.717, 1.165) is 43.8 Å². The zero-order chi connectivity index (χ0) is 15.5. The van der Waals surface area contributed by atoms with Gasteiger partial charge in [-0.2, -0.15) is 0 Å². The highest BCUT2D eigenvalue weighted by atomic mass is 79.9. The van der Waals surface area contributed by atoms with E-state index in [1.165, 1.54) is 11.3 Å². The van der Waals surface area contributed by atoms with Gasteiger partial charge in [-0.3, -0.25) is 0 Å². The summed E-state index contributed by atoms with van der Waals surface area (Å²) in [5.41, 5.74) is 5.57. The van der Waals surface area contributed by atoms with Crippen molar-refractivity contribution in [1.29, 1.82) is 0 Å². The smallest absolute Gasteiger partial charge is 0.242 e. The van der Waals surface area contributed by atoms with Gasteiger partial charge in [0.1, 0.15) is 4.90 Å². The van der Waals surface area contributed by atoms with E-state index in [0.29, 0.717) is 15.2 Å². The van der Waals surface area contributed by atoms with E-state index in [-0.39, 0.29) is 6.04 Å². The third-order valence-electron chi connectivity index (χ3n) is 3.65. The van der Waals surface area contributed by atoms with Crippen molar-refractivity contribution in [3.63, 3.8) is 0 Å². The minimum atomic E-state index is -3.47. The van der Waals surface area contributed by atoms with Crippen molar-refractivity contribution in [3.8, 4) is 0 Å². The predicted molar refractivity (Wildman–Crippen MR) is 90.0 cm³/mol. The molecule has 3 N–H and O–H groups in total. The fourth-order valence-electron chi connectivity index (χ4n) is 2.56. The van der Waals surface area contributed by atoms with Crippen LogP contribution in [-0.2, 0) is 16.6 Å². The zero-order valence-corrected chi connectivity index (χ0v) is 15.4. The van der Waals surface area contributed by atoms with Gasteiger partial charge in [0, 0.05) is 17.5 Å². The van der Waals surface area contributed by atoms with Gasteiger partial charge in [-0.05, 0) is 60.9 Å². The average Bonchev–Trinajstić information content (AvgIpc) is 2.83. The van der Waals surface area contributed by atoms with E-state index >= 15 is 0 Å². The monoisotopic (exact) mass is 395 g/mol. The molecule has 120 valence electrons. The molecule has 0 spiro atoms. The Bertz CT molecular complexity index is 566. The number of hydrogen-bond acceptors (Lipinski definition) is 5. The van der Waals surface area contributed by atoms with Crippen LogP contribution >= 0.6 is 27.3 Å². The van der Waals surface area contributed by atoms with Gasteiger partial charge in [0.15, 0.2) is 0 Å². The standard InChI is InChI=1S/C13H22BrN3O2S2/c1-2-5-17-6-3-10(4-7-17)16-21(18,19)12-8-11(9-15)20-13(12)14/h8,10,16H,2-7,9,15H2,1H3. The van der Waals surface area contributed by atoms with Crippen molar-refractivity contribution in [1.82, 2.24) is 9.62 Å². The number of nitrogens with two attached hydrogens (primary N) is 1. The molecule has 1 fully saturated rings. The number of rotatable bonds is 6. The SMILES string of the molecule is CCCN1CCC(NS(=O)(=O)c2cc(CN)sc2Br)CC1. The Morgan fingerprint density at radius 1 is 1.48 bits per heavy atom. The third kappa shape index (κ3) is 4.49. The van der Waals surface area contributed by atoms with Gasteiger partial charge < -0.3 is 10.6 Å². The Balaban J connectivity index is 2.00. The Morgan fingerprint density at radius 2 is 2.14 bits per heavy atom. The maximum Gasteiger partial charge on any atom is 0.242 e. The summed E-state index contributed by atoms with van der Waals surface area (Å²) < 4.78 is 28.4. The first-order valence-electron chi connectivity index (χ1n) is 7.19. The van der Waals surface area contributed by atoms with Gasteiger partial charge in [-0.1, -0.05) is 6.92 Å². The summed E-state index contributed by atoms with van der Waals surface area (Å²) >= 11 is 4.70. The fourth-order valence-corrected chi connectivity index (χ4v) is 6.42. The molecule has 2 rings (SSSR count). The summed E-state index contributed by atoms with van der Waals surface area (Å²) in [5, 5.41) is 0. The van der Waals surface area contributed by atoms with Crippen LogP contribution in [0.5, 0.6) is 0 Å². The summed E-state index contributed by atoms with van der Waals surface area (Å²) in [6, 6.07) is 1.68. The topological polar surface area (TPSA) is 75.4 Å². The molecule has 1 aliphatic rings. The molecule has 0 atom stereocenters. The number of nitrogens with one attached hydrogen (secondary N) is 1. The zero-order valence-electron chi connectivity index (χ0n) is 12.1. The molecule has 0 radical (unpaired) electrons. The molecule has 0 bridgehead atoms. The van der Waals surface area contributed by atoms with Crippen LogP contribution < -0.4 is 10.5 Å². The Hall–Kier alpha value is 0.01000. The first-order valence-corrected chi connectivity index (χ1v) is 10.3. The number of halogens is 1. The van der Waals surface area contributed by atoms with Gasteiger partial charge in [0.25, 0.3) is 0 Å². The maximum absolute atomic E-state index is 12.5. The molecule has 1 saturated heterocycles. The lowest BCUT2D eigenvalue weighted by Crippen LogP contribution is -2.44. The van der Waals surface area contributed by atoms with Gasteiger partial charge in [-0.25, -0.2) is 13.1 Å². The molecule has 0 amide bonds. The average molecular weight is 396 g/mol. The second kappa shape index (κ2) is 7.52. The predicted octanol–water partition coefficient (Wildman–Crippen LogP) is 2.12. The van der Waals surface area contributed by atoms with Crippen LogP contribution in [-0.4, -0.2) is 39.0 Å². The van der Waals surface area contributed by atoms with E-state index in [1.807, 2.05) is 0 Å². The summed E-state index contributed by atoms with van der Waals surface area (Å²) in [7, 11) is -3.47. The molecular weight excluding hydrogens is 374 g/mol. The molecule has 5 nitrogen and oxygen atoms in total. The highest BCUT2D eigenvalue weighted by Crippen LogP contribution is 2.31. The summed E-state index contributed by atoms with van der Waals surface area (Å²) in [6.07, 6.45) is 2.87. The molecular formula is C13H22BrN3O2S2. The van der Waals surface area contributed by atoms with E-state index in [9.17, 15) is 8.42 Å². The Labute approximate surface area is 139 Å². The molecule has 8 heteroatoms. The van der Waals surface area contributed by atoms with E-state index in [2.05, 4.69) is 32.5 Å². The number of nitrogens with zero attached hydrogens (tertiary/aromatic N) is 1. The number of hydrogen-bond donors (Lipinski definition) is 2. The van der Waals surface area contributed by atoms with Crippen molar-refractivity contribution in [2.75, 3.05) is 19.6 Å². The van der Waals surface area contributed by atoms with Crippen LogP contribution in [0.1, 0.15) is 31.1 Å². The molecule has 1 aromatic rings. The highest BCUT2D eigenvalue weighted by Gasteiger charge is 2.26. The second-order valence-corrected chi connectivity index (χ2v) is 9.43. The molecule has 0 aliphatic carbocycles. The molecule has 1 aromatic heterocycles. The summed E-state index contributed by atoms with van der Waals surface area (Å²) in [4.78, 5) is 3.56. The maximum atomic E-state index is 12.5. The van der Waals surface area contributed by atoms with Crippen molar-refractivity contribution in [2.45, 2.75) is 43.7 Å². The molecule has 0 unspecified atom stereocenters. The molecule has 0 saturated carbocycles. The summed E-state index contributed by atoms with van der Waals surface area (Å²) in [5.74, 6) is 0. The number of sulfonamides is 1. The second-order valence-electron chi connectivity index (χ2n) is 5.29. The van der Waals surface area contributed by atoms with Crippen molar-refractivity contribution in [3.05, 3.63) is 14.7 Å². The molecule has 21 heavy (non-hydrogen) atoms. The van der Waals surface area contributed by atoms with E-state index in [4.69, 9.17) is 5.73 Å². The fraction of sp³-hybridized carbons (Fsp3) is 0.692. The van der Waals surface area contributed by atoms with Gasteiger partial charge >= 0.3 is 0 Å². The first kappa shape index (κ1) is 17.4. The largest absolute Gasteiger partial charge is 0.326 e. The molecule has 1 aliphatic heterocycles. The number of thiophene rings is 1. The van der Waals surface area contributed by atoms with Crippen molar-refractivity contribution < 1.29 is 8.42 Å². The van der Waals surface area contributed by atoms with Crippen LogP contribution in [0.3, 0.4) is 0 Å². The quantitative estimate of drug-likeness (QED) is 0.773. The summed E-state index contributed by atoms with van der Waals surface area (Å²) in [6.45, 7) is 5.53. The van der Waals surface area contributed by atoms with Crippen LogP contribution in [0.15, 0.2) is 14.7 Å². The minimum Gasteiger partial charge on any atom is -0.326 e. The third-order valence-corrected chi connectivity index (χ3v) is 7.44. The van der Waals surface area contributed by atoms with Crippen LogP contribution in [0, 0.1) is 0 Å². The Morgan fingerprint density at radius 3 is 2.67 bits per heavy atom.